The van der Waals surface area contributed by atoms with Gasteiger partial charge in [-0.1, -0.05) is 60.7 Å². The van der Waals surface area contributed by atoms with Crippen LogP contribution in [0.15, 0.2) is 84.9 Å². The Balaban J connectivity index is 0.000000203. The minimum atomic E-state index is -0.154. The molecule has 1 N–H and O–H groups in total. The molecule has 3 heteroatoms. The fraction of sp³-hybridized carbons (Fsp3) is 0.0952. The topological polar surface area (TPSA) is 46.5 Å². The molecule has 24 heavy (non-hydrogen) atoms. The number of ether oxygens (including phenoxy) is 1. The summed E-state index contributed by atoms with van der Waals surface area (Å²) in [5.74, 6) is 1.17. The zero-order valence-corrected chi connectivity index (χ0v) is 13.1. The highest BCUT2D eigenvalue weighted by atomic mass is 16.5. The molecule has 3 aromatic rings. The maximum atomic E-state index is 12.0. The second kappa shape index (κ2) is 7.47. The predicted octanol–water partition coefficient (Wildman–Crippen LogP) is 4.79. The molecule has 1 aliphatic rings. The third kappa shape index (κ3) is 3.82. The summed E-state index contributed by atoms with van der Waals surface area (Å²) in [5, 5.41) is 8.63. The van der Waals surface area contributed by atoms with Crippen molar-refractivity contribution in [1.29, 1.82) is 0 Å². The van der Waals surface area contributed by atoms with Gasteiger partial charge in [0.15, 0.2) is 5.78 Å². The number of para-hydroxylation sites is 2. The Hall–Kier alpha value is -3.07. The first kappa shape index (κ1) is 15.8. The Morgan fingerprint density at radius 3 is 2.00 bits per heavy atom. The SMILES string of the molecule is O=C1CC(c2ccccc2)Oc2ccccc21.Oc1ccccc1. The van der Waals surface area contributed by atoms with Crippen LogP contribution in [0.2, 0.25) is 0 Å². The first-order chi connectivity index (χ1) is 11.7. The van der Waals surface area contributed by atoms with E-state index < -0.39 is 0 Å². The minimum absolute atomic E-state index is 0.153. The average Bonchev–Trinajstić information content (AvgIpc) is 2.64. The van der Waals surface area contributed by atoms with Gasteiger partial charge in [-0.25, -0.2) is 0 Å². The molecule has 1 unspecified atom stereocenters. The van der Waals surface area contributed by atoms with Gasteiger partial charge in [-0.2, -0.15) is 0 Å². The van der Waals surface area contributed by atoms with Crippen LogP contribution < -0.4 is 4.74 Å². The number of Topliss-reactive ketones (excluding diaryl/α,β-unsaturated/α-hetero) is 1. The molecule has 0 aliphatic carbocycles. The van der Waals surface area contributed by atoms with Crippen LogP contribution in [0.4, 0.5) is 0 Å². The molecular formula is C21H18O3. The van der Waals surface area contributed by atoms with Gasteiger partial charge >= 0.3 is 0 Å². The van der Waals surface area contributed by atoms with Gasteiger partial charge in [-0.3, -0.25) is 4.79 Å². The van der Waals surface area contributed by atoms with Gasteiger partial charge in [-0.05, 0) is 29.8 Å². The summed E-state index contributed by atoms with van der Waals surface area (Å²) >= 11 is 0. The lowest BCUT2D eigenvalue weighted by molar-refractivity contribution is 0.0850. The molecule has 1 atom stereocenters. The van der Waals surface area contributed by atoms with E-state index in [9.17, 15) is 4.79 Å². The summed E-state index contributed by atoms with van der Waals surface area (Å²) in [6.07, 6.45) is 0.264. The molecular weight excluding hydrogens is 300 g/mol. The van der Waals surface area contributed by atoms with Crippen molar-refractivity contribution < 1.29 is 14.6 Å². The van der Waals surface area contributed by atoms with Crippen LogP contribution in [-0.2, 0) is 0 Å². The first-order valence-corrected chi connectivity index (χ1v) is 7.82. The number of carbonyl (C=O) groups is 1. The molecule has 0 aromatic heterocycles. The Morgan fingerprint density at radius 1 is 0.792 bits per heavy atom. The lowest BCUT2D eigenvalue weighted by Gasteiger charge is -2.25. The molecule has 1 aliphatic heterocycles. The summed E-state index contributed by atoms with van der Waals surface area (Å²) in [5.41, 5.74) is 1.75. The second-order valence-electron chi connectivity index (χ2n) is 5.48. The Bertz CT molecular complexity index is 798. The number of phenolic OH excluding ortho intramolecular Hbond substituents is 1. The third-order valence-corrected chi connectivity index (χ3v) is 3.76. The minimum Gasteiger partial charge on any atom is -0.508 e. The molecule has 0 saturated carbocycles. The van der Waals surface area contributed by atoms with Gasteiger partial charge in [0.1, 0.15) is 17.6 Å². The normalized spacial score (nSPS) is 15.5. The summed E-state index contributed by atoms with van der Waals surface area (Å²) < 4.78 is 5.87. The van der Waals surface area contributed by atoms with Crippen molar-refractivity contribution >= 4 is 5.78 Å². The number of phenols is 1. The standard InChI is InChI=1S/C15H12O2.C6H6O/c16-13-10-15(11-6-2-1-3-7-11)17-14-9-5-4-8-12(13)14;7-6-4-2-1-3-5-6/h1-9,15H,10H2;1-5,7H. The van der Waals surface area contributed by atoms with Crippen molar-refractivity contribution in [2.24, 2.45) is 0 Å². The summed E-state index contributed by atoms with van der Waals surface area (Å²) in [4.78, 5) is 12.0. The van der Waals surface area contributed by atoms with Crippen molar-refractivity contribution in [3.8, 4) is 11.5 Å². The van der Waals surface area contributed by atoms with Crippen LogP contribution in [0, 0.1) is 0 Å². The van der Waals surface area contributed by atoms with Crippen LogP contribution in [-0.4, -0.2) is 10.9 Å². The van der Waals surface area contributed by atoms with E-state index in [1.807, 2.05) is 60.7 Å². The van der Waals surface area contributed by atoms with E-state index in [4.69, 9.17) is 9.84 Å². The molecule has 0 bridgehead atoms. The van der Waals surface area contributed by atoms with Crippen LogP contribution in [0.1, 0.15) is 28.4 Å². The van der Waals surface area contributed by atoms with Gasteiger partial charge in [0.25, 0.3) is 0 Å². The molecule has 0 saturated heterocycles. The summed E-state index contributed by atoms with van der Waals surface area (Å²) in [7, 11) is 0. The molecule has 3 aromatic carbocycles. The smallest absolute Gasteiger partial charge is 0.170 e. The molecule has 0 spiro atoms. The fourth-order valence-corrected chi connectivity index (χ4v) is 2.55. The zero-order chi connectivity index (χ0) is 16.8. The highest BCUT2D eigenvalue weighted by Crippen LogP contribution is 2.34. The second-order valence-corrected chi connectivity index (χ2v) is 5.48. The number of hydrogen-bond donors (Lipinski definition) is 1. The summed E-state index contributed by atoms with van der Waals surface area (Å²) in [6.45, 7) is 0. The van der Waals surface area contributed by atoms with Crippen LogP contribution in [0.25, 0.3) is 0 Å². The number of carbonyl (C=O) groups excluding carboxylic acids is 1. The van der Waals surface area contributed by atoms with Crippen molar-refractivity contribution in [2.45, 2.75) is 12.5 Å². The van der Waals surface area contributed by atoms with Gasteiger partial charge in [0, 0.05) is 0 Å². The fourth-order valence-electron chi connectivity index (χ4n) is 2.55. The third-order valence-electron chi connectivity index (χ3n) is 3.76. The van der Waals surface area contributed by atoms with Crippen molar-refractivity contribution in [3.05, 3.63) is 96.1 Å². The van der Waals surface area contributed by atoms with E-state index in [1.165, 1.54) is 0 Å². The van der Waals surface area contributed by atoms with Crippen molar-refractivity contribution in [1.82, 2.24) is 0 Å². The summed E-state index contributed by atoms with van der Waals surface area (Å²) in [6, 6.07) is 26.0. The van der Waals surface area contributed by atoms with E-state index in [0.717, 1.165) is 5.56 Å². The number of benzene rings is 3. The first-order valence-electron chi connectivity index (χ1n) is 7.82. The average molecular weight is 318 g/mol. The highest BCUT2D eigenvalue weighted by molar-refractivity contribution is 5.99. The number of rotatable bonds is 1. The maximum Gasteiger partial charge on any atom is 0.170 e. The molecule has 0 fully saturated rings. The van der Waals surface area contributed by atoms with Gasteiger partial charge in [0.2, 0.25) is 0 Å². The lowest BCUT2D eigenvalue weighted by atomic mass is 9.96. The number of fused-ring (bicyclic) bond motifs is 1. The Morgan fingerprint density at radius 2 is 1.38 bits per heavy atom. The Kier molecular flexibility index (Phi) is 4.92. The molecule has 1 heterocycles. The quantitative estimate of drug-likeness (QED) is 0.702. The van der Waals surface area contributed by atoms with Gasteiger partial charge in [-0.15, -0.1) is 0 Å². The van der Waals surface area contributed by atoms with Crippen LogP contribution in [0.5, 0.6) is 11.5 Å². The van der Waals surface area contributed by atoms with Crippen LogP contribution >= 0.6 is 0 Å². The highest BCUT2D eigenvalue weighted by Gasteiger charge is 2.26. The predicted molar refractivity (Wildman–Crippen MR) is 93.3 cm³/mol. The van der Waals surface area contributed by atoms with Gasteiger partial charge in [0.05, 0.1) is 12.0 Å². The molecule has 0 radical (unpaired) electrons. The largest absolute Gasteiger partial charge is 0.508 e. The van der Waals surface area contributed by atoms with Crippen molar-refractivity contribution in [3.63, 3.8) is 0 Å². The molecule has 120 valence electrons. The van der Waals surface area contributed by atoms with E-state index in [2.05, 4.69) is 0 Å². The number of hydrogen-bond acceptors (Lipinski definition) is 3. The van der Waals surface area contributed by atoms with E-state index >= 15 is 0 Å². The van der Waals surface area contributed by atoms with Gasteiger partial charge < -0.3 is 9.84 Å². The maximum absolute atomic E-state index is 12.0. The molecule has 3 nitrogen and oxygen atoms in total. The molecule has 4 rings (SSSR count). The molecule has 0 amide bonds. The van der Waals surface area contributed by atoms with E-state index in [1.54, 1.807) is 24.3 Å². The number of ketones is 1. The zero-order valence-electron chi connectivity index (χ0n) is 13.1. The lowest BCUT2D eigenvalue weighted by Crippen LogP contribution is -2.20. The van der Waals surface area contributed by atoms with Crippen LogP contribution in [0.3, 0.4) is 0 Å². The van der Waals surface area contributed by atoms with Crippen molar-refractivity contribution in [2.75, 3.05) is 0 Å². The van der Waals surface area contributed by atoms with E-state index in [0.29, 0.717) is 23.5 Å². The number of aromatic hydroxyl groups is 1. The van der Waals surface area contributed by atoms with E-state index in [-0.39, 0.29) is 11.9 Å². The Labute approximate surface area is 141 Å². The monoisotopic (exact) mass is 318 g/mol.